The highest BCUT2D eigenvalue weighted by Gasteiger charge is 2.43. The Kier molecular flexibility index (Phi) is 7.83. The molecule has 0 saturated heterocycles. The number of nitrogens with zero attached hydrogens (tertiary/aromatic N) is 2. The molecule has 12 heteroatoms. The molecule has 1 amide bonds. The molecule has 0 heterocycles. The molecule has 0 aromatic heterocycles. The smallest absolute Gasteiger partial charge is 0.430 e. The number of aromatic hydroxyl groups is 1. The zero-order chi connectivity index (χ0) is 22.5. The lowest BCUT2D eigenvalue weighted by atomic mass is 10.0. The van der Waals surface area contributed by atoms with Gasteiger partial charge in [-0.05, 0) is 36.4 Å². The molecule has 0 aliphatic carbocycles. The largest absolute Gasteiger partial charge is 0.506 e. The monoisotopic (exact) mass is 478 g/mol. The van der Waals surface area contributed by atoms with E-state index in [1.807, 2.05) is 5.43 Å². The van der Waals surface area contributed by atoms with Crippen LogP contribution in [-0.2, 0) is 4.79 Å². The lowest BCUT2D eigenvalue weighted by Gasteiger charge is -2.16. The maximum atomic E-state index is 13.5. The van der Waals surface area contributed by atoms with Crippen molar-refractivity contribution in [1.82, 2.24) is 5.43 Å². The fraction of sp³-hybridized carbons (Fsp3) is 0.111. The van der Waals surface area contributed by atoms with E-state index in [0.717, 1.165) is 6.21 Å². The zero-order valence-electron chi connectivity index (χ0n) is 14.7. The Morgan fingerprint density at radius 1 is 1.13 bits per heavy atom. The van der Waals surface area contributed by atoms with E-state index in [0.29, 0.717) is 11.2 Å². The summed E-state index contributed by atoms with van der Waals surface area (Å²) in [4.78, 5) is 15.7. The normalized spacial score (nSPS) is 13.3. The molecule has 30 heavy (non-hydrogen) atoms. The first-order valence-electron chi connectivity index (χ1n) is 7.95. The predicted molar refractivity (Wildman–Crippen MR) is 111 cm³/mol. The van der Waals surface area contributed by atoms with E-state index >= 15 is 0 Å². The Hall–Kier alpha value is -2.62. The highest BCUT2D eigenvalue weighted by Crippen LogP contribution is 2.30. The number of carbonyl (C=O) groups excluding carboxylic acids is 1. The van der Waals surface area contributed by atoms with Crippen molar-refractivity contribution in [3.8, 4) is 5.75 Å². The van der Waals surface area contributed by atoms with Crippen molar-refractivity contribution < 1.29 is 23.1 Å². The number of rotatable bonds is 6. The minimum Gasteiger partial charge on any atom is -0.506 e. The standard InChI is InChI=1S/C18H12Cl3F3N4O2/c19-10-1-3-12(4-2-10)27-16(18(22,23)24)13(7-25)17(30)28-26-8-9-5-11(20)6-14(21)15(9)29/h1-8,13,25,29H,(H,28,30)/b25-7?,26-8-,27-16?. The SMILES string of the molecule is N=CC(C(=O)N/N=C\c1cc(Cl)cc(Cl)c1O)C(=Nc1ccc(Cl)cc1)C(F)(F)F. The molecule has 6 nitrogen and oxygen atoms in total. The third-order valence-electron chi connectivity index (χ3n) is 3.55. The average Bonchev–Trinajstić information content (AvgIpc) is 2.66. The molecule has 1 atom stereocenters. The van der Waals surface area contributed by atoms with Gasteiger partial charge in [0, 0.05) is 21.8 Å². The number of aliphatic imine (C=N–C) groups is 1. The molecule has 3 N–H and O–H groups in total. The second-order valence-electron chi connectivity index (χ2n) is 5.68. The number of nitrogens with one attached hydrogen (secondary N) is 2. The van der Waals surface area contributed by atoms with Gasteiger partial charge in [-0.2, -0.15) is 18.3 Å². The van der Waals surface area contributed by atoms with E-state index in [1.54, 1.807) is 0 Å². The molecule has 0 bridgehead atoms. The van der Waals surface area contributed by atoms with Crippen LogP contribution in [0.3, 0.4) is 0 Å². The molecule has 0 radical (unpaired) electrons. The van der Waals surface area contributed by atoms with Gasteiger partial charge in [0.1, 0.15) is 17.4 Å². The van der Waals surface area contributed by atoms with E-state index in [4.69, 9.17) is 40.2 Å². The molecular weight excluding hydrogens is 468 g/mol. The Balaban J connectivity index is 2.28. The second-order valence-corrected chi connectivity index (χ2v) is 6.96. The summed E-state index contributed by atoms with van der Waals surface area (Å²) in [6.45, 7) is 0. The summed E-state index contributed by atoms with van der Waals surface area (Å²) >= 11 is 17.2. The van der Waals surface area contributed by atoms with Crippen molar-refractivity contribution in [1.29, 1.82) is 5.41 Å². The highest BCUT2D eigenvalue weighted by molar-refractivity contribution is 6.36. The summed E-state index contributed by atoms with van der Waals surface area (Å²) in [5, 5.41) is 21.0. The quantitative estimate of drug-likeness (QED) is 0.382. The first-order chi connectivity index (χ1) is 14.0. The number of amides is 1. The topological polar surface area (TPSA) is 97.9 Å². The van der Waals surface area contributed by atoms with Crippen molar-refractivity contribution in [2.24, 2.45) is 16.0 Å². The van der Waals surface area contributed by atoms with Crippen LogP contribution in [0.15, 0.2) is 46.5 Å². The molecular formula is C18H12Cl3F3N4O2. The fourth-order valence-electron chi connectivity index (χ4n) is 2.16. The van der Waals surface area contributed by atoms with Gasteiger partial charge in [0.25, 0.3) is 5.91 Å². The summed E-state index contributed by atoms with van der Waals surface area (Å²) in [5.74, 6) is -3.73. The lowest BCUT2D eigenvalue weighted by Crippen LogP contribution is -2.40. The molecule has 0 aliphatic heterocycles. The van der Waals surface area contributed by atoms with E-state index in [-0.39, 0.29) is 27.0 Å². The number of phenols is 1. The first-order valence-corrected chi connectivity index (χ1v) is 9.09. The Morgan fingerprint density at radius 3 is 2.33 bits per heavy atom. The van der Waals surface area contributed by atoms with Crippen molar-refractivity contribution in [2.45, 2.75) is 6.18 Å². The van der Waals surface area contributed by atoms with Gasteiger partial charge in [-0.25, -0.2) is 10.4 Å². The number of hydrogen-bond acceptors (Lipinski definition) is 5. The van der Waals surface area contributed by atoms with Crippen LogP contribution < -0.4 is 5.43 Å². The van der Waals surface area contributed by atoms with Gasteiger partial charge < -0.3 is 10.5 Å². The van der Waals surface area contributed by atoms with Crippen molar-refractivity contribution >= 4 is 64.5 Å². The molecule has 158 valence electrons. The number of carbonyl (C=O) groups is 1. The van der Waals surface area contributed by atoms with Gasteiger partial charge >= 0.3 is 6.18 Å². The second kappa shape index (κ2) is 9.92. The van der Waals surface area contributed by atoms with Crippen LogP contribution in [0.2, 0.25) is 15.1 Å². The minimum atomic E-state index is -5.00. The maximum Gasteiger partial charge on any atom is 0.430 e. The van der Waals surface area contributed by atoms with Crippen LogP contribution >= 0.6 is 34.8 Å². The number of hydrogen-bond donors (Lipinski definition) is 3. The number of benzene rings is 2. The van der Waals surface area contributed by atoms with E-state index < -0.39 is 23.7 Å². The van der Waals surface area contributed by atoms with Gasteiger partial charge in [-0.1, -0.05) is 34.8 Å². The molecule has 0 aliphatic rings. The summed E-state index contributed by atoms with van der Waals surface area (Å²) in [7, 11) is 0. The van der Waals surface area contributed by atoms with Crippen molar-refractivity contribution in [2.75, 3.05) is 0 Å². The maximum absolute atomic E-state index is 13.5. The van der Waals surface area contributed by atoms with E-state index in [9.17, 15) is 23.1 Å². The summed E-state index contributed by atoms with van der Waals surface area (Å²) in [5.41, 5.74) is 0.278. The summed E-state index contributed by atoms with van der Waals surface area (Å²) in [6, 6.07) is 7.67. The van der Waals surface area contributed by atoms with Gasteiger partial charge in [0.15, 0.2) is 0 Å². The molecule has 0 saturated carbocycles. The van der Waals surface area contributed by atoms with Crippen LogP contribution in [-0.4, -0.2) is 35.3 Å². The zero-order valence-corrected chi connectivity index (χ0v) is 17.0. The van der Waals surface area contributed by atoms with E-state index in [1.165, 1.54) is 36.4 Å². The lowest BCUT2D eigenvalue weighted by molar-refractivity contribution is -0.122. The predicted octanol–water partition coefficient (Wildman–Crippen LogP) is 5.40. The first kappa shape index (κ1) is 23.7. The number of phenolic OH excluding ortho intramolecular Hbond substituents is 1. The third kappa shape index (κ3) is 6.19. The molecule has 2 rings (SSSR count). The average molecular weight is 480 g/mol. The van der Waals surface area contributed by atoms with Gasteiger partial charge in [-0.15, -0.1) is 0 Å². The Labute approximate surface area is 183 Å². The number of halogens is 6. The van der Waals surface area contributed by atoms with Crippen LogP contribution in [0.5, 0.6) is 5.75 Å². The summed E-state index contributed by atoms with van der Waals surface area (Å²) in [6.07, 6.45) is -3.77. The molecule has 0 spiro atoms. The Bertz CT molecular complexity index is 1010. The van der Waals surface area contributed by atoms with Crippen LogP contribution in [0.1, 0.15) is 5.56 Å². The molecule has 1 unspecified atom stereocenters. The summed E-state index contributed by atoms with van der Waals surface area (Å²) < 4.78 is 40.4. The minimum absolute atomic E-state index is 0.0186. The fourth-order valence-corrected chi connectivity index (χ4v) is 2.80. The van der Waals surface area contributed by atoms with Crippen molar-refractivity contribution in [3.63, 3.8) is 0 Å². The van der Waals surface area contributed by atoms with Crippen LogP contribution in [0.25, 0.3) is 0 Å². The highest BCUT2D eigenvalue weighted by atomic mass is 35.5. The van der Waals surface area contributed by atoms with Gasteiger partial charge in [-0.3, -0.25) is 4.79 Å². The number of hydrazone groups is 1. The molecule has 0 fully saturated rings. The molecule has 2 aromatic carbocycles. The van der Waals surface area contributed by atoms with Gasteiger partial charge in [0.05, 0.1) is 16.9 Å². The molecule has 2 aromatic rings. The van der Waals surface area contributed by atoms with Crippen molar-refractivity contribution in [3.05, 3.63) is 57.0 Å². The number of alkyl halides is 3. The third-order valence-corrected chi connectivity index (χ3v) is 4.30. The Morgan fingerprint density at radius 2 is 1.77 bits per heavy atom. The van der Waals surface area contributed by atoms with Gasteiger partial charge in [0.2, 0.25) is 0 Å². The van der Waals surface area contributed by atoms with E-state index in [2.05, 4.69) is 10.1 Å². The van der Waals surface area contributed by atoms with Crippen LogP contribution in [0.4, 0.5) is 18.9 Å². The van der Waals surface area contributed by atoms with Crippen LogP contribution in [0, 0.1) is 11.3 Å².